The summed E-state index contributed by atoms with van der Waals surface area (Å²) in [7, 11) is 0. The Morgan fingerprint density at radius 2 is 0.891 bits per heavy atom. The molecule has 0 bridgehead atoms. The lowest BCUT2D eigenvalue weighted by atomic mass is 10.00. The molecule has 1 amide bonds. The SMILES string of the molecule is CCCCCCCC/C=C\CCCCCCCCC(O)C(=O)NC(CO)C(O)C(O)CCC/C=C/CCCCCCCCCCC. The van der Waals surface area contributed by atoms with Crippen LogP contribution in [0.1, 0.15) is 194 Å². The molecule has 5 N–H and O–H groups in total. The molecule has 4 atom stereocenters. The van der Waals surface area contributed by atoms with E-state index >= 15 is 0 Å². The standard InChI is InChI=1S/C40H77NO5/c1-3-5-7-9-11-13-15-17-19-20-22-24-26-28-30-32-34-38(44)40(46)41-36(35-42)39(45)37(43)33-31-29-27-25-23-21-18-16-14-12-10-8-6-4-2/h17,19,25,27,36-39,42-45H,3-16,18,20-24,26,28-35H2,1-2H3,(H,41,46)/b19-17-,27-25+. The van der Waals surface area contributed by atoms with Crippen LogP contribution in [-0.2, 0) is 4.79 Å². The number of allylic oxidation sites excluding steroid dienone is 4. The summed E-state index contributed by atoms with van der Waals surface area (Å²) in [5.41, 5.74) is 0. The molecule has 0 radical (unpaired) electrons. The van der Waals surface area contributed by atoms with Crippen LogP contribution in [0, 0.1) is 0 Å². The molecule has 46 heavy (non-hydrogen) atoms. The van der Waals surface area contributed by atoms with E-state index in [1.54, 1.807) is 0 Å². The van der Waals surface area contributed by atoms with Crippen LogP contribution in [0.3, 0.4) is 0 Å². The zero-order valence-electron chi connectivity index (χ0n) is 30.3. The van der Waals surface area contributed by atoms with Crippen molar-refractivity contribution < 1.29 is 25.2 Å². The van der Waals surface area contributed by atoms with E-state index in [4.69, 9.17) is 0 Å². The van der Waals surface area contributed by atoms with Gasteiger partial charge < -0.3 is 25.7 Å². The highest BCUT2D eigenvalue weighted by molar-refractivity contribution is 5.80. The number of hydrogen-bond acceptors (Lipinski definition) is 5. The summed E-state index contributed by atoms with van der Waals surface area (Å²) < 4.78 is 0. The second-order valence-corrected chi connectivity index (χ2v) is 13.6. The molecule has 0 saturated heterocycles. The molecule has 0 aromatic carbocycles. The molecule has 272 valence electrons. The van der Waals surface area contributed by atoms with Gasteiger partial charge in [0.1, 0.15) is 12.2 Å². The van der Waals surface area contributed by atoms with Gasteiger partial charge in [-0.3, -0.25) is 4.79 Å². The van der Waals surface area contributed by atoms with Crippen molar-refractivity contribution in [1.82, 2.24) is 5.32 Å². The van der Waals surface area contributed by atoms with Crippen LogP contribution in [0.4, 0.5) is 0 Å². The van der Waals surface area contributed by atoms with Crippen molar-refractivity contribution >= 4 is 5.91 Å². The average molecular weight is 652 g/mol. The zero-order valence-corrected chi connectivity index (χ0v) is 30.3. The Labute approximate surface area is 284 Å². The monoisotopic (exact) mass is 652 g/mol. The molecular formula is C40H77NO5. The second-order valence-electron chi connectivity index (χ2n) is 13.6. The Morgan fingerprint density at radius 1 is 0.522 bits per heavy atom. The molecule has 0 aliphatic heterocycles. The molecule has 0 aromatic heterocycles. The first kappa shape index (κ1) is 44.8. The van der Waals surface area contributed by atoms with Crippen molar-refractivity contribution in [1.29, 1.82) is 0 Å². The molecule has 0 rings (SSSR count). The number of aliphatic hydroxyl groups is 4. The fourth-order valence-corrected chi connectivity index (χ4v) is 5.93. The Bertz CT molecular complexity index is 697. The number of hydrogen-bond donors (Lipinski definition) is 5. The molecule has 4 unspecified atom stereocenters. The lowest BCUT2D eigenvalue weighted by Gasteiger charge is -2.27. The van der Waals surface area contributed by atoms with Crippen LogP contribution in [0.15, 0.2) is 24.3 Å². The summed E-state index contributed by atoms with van der Waals surface area (Å²) in [6, 6.07) is -1.00. The minimum Gasteiger partial charge on any atom is -0.394 e. The quantitative estimate of drug-likeness (QED) is 0.0346. The maximum atomic E-state index is 12.4. The number of nitrogens with one attached hydrogen (secondary N) is 1. The minimum absolute atomic E-state index is 0.356. The molecule has 6 heteroatoms. The topological polar surface area (TPSA) is 110 Å². The average Bonchev–Trinajstić information content (AvgIpc) is 3.06. The van der Waals surface area contributed by atoms with Gasteiger partial charge in [0, 0.05) is 0 Å². The van der Waals surface area contributed by atoms with Crippen LogP contribution in [0.25, 0.3) is 0 Å². The van der Waals surface area contributed by atoms with Crippen molar-refractivity contribution in [2.75, 3.05) is 6.61 Å². The van der Waals surface area contributed by atoms with Crippen molar-refractivity contribution in [3.05, 3.63) is 24.3 Å². The smallest absolute Gasteiger partial charge is 0.249 e. The molecule has 0 aliphatic rings. The third kappa shape index (κ3) is 29.0. The maximum absolute atomic E-state index is 12.4. The Balaban J connectivity index is 3.84. The van der Waals surface area contributed by atoms with E-state index in [1.165, 1.54) is 122 Å². The van der Waals surface area contributed by atoms with Crippen molar-refractivity contribution in [3.8, 4) is 0 Å². The van der Waals surface area contributed by atoms with Crippen LogP contribution >= 0.6 is 0 Å². The predicted octanol–water partition coefficient (Wildman–Crippen LogP) is 9.62. The lowest BCUT2D eigenvalue weighted by molar-refractivity contribution is -0.132. The highest BCUT2D eigenvalue weighted by Gasteiger charge is 2.28. The second kappa shape index (κ2) is 35.1. The molecule has 0 aromatic rings. The van der Waals surface area contributed by atoms with Crippen molar-refractivity contribution in [3.63, 3.8) is 0 Å². The van der Waals surface area contributed by atoms with Gasteiger partial charge in [0.25, 0.3) is 0 Å². The normalized spacial score (nSPS) is 14.7. The largest absolute Gasteiger partial charge is 0.394 e. The Morgan fingerprint density at radius 3 is 1.30 bits per heavy atom. The molecule has 0 spiro atoms. The number of unbranched alkanes of at least 4 members (excludes halogenated alkanes) is 22. The summed E-state index contributed by atoms with van der Waals surface area (Å²) in [5, 5.41) is 43.5. The lowest BCUT2D eigenvalue weighted by Crippen LogP contribution is -2.53. The van der Waals surface area contributed by atoms with Crippen molar-refractivity contribution in [2.24, 2.45) is 0 Å². The third-order valence-corrected chi connectivity index (χ3v) is 9.13. The first-order valence-corrected chi connectivity index (χ1v) is 19.7. The first-order chi connectivity index (χ1) is 22.5. The summed E-state index contributed by atoms with van der Waals surface area (Å²) in [4.78, 5) is 12.4. The number of carbonyl (C=O) groups excluding carboxylic acids is 1. The predicted molar refractivity (Wildman–Crippen MR) is 196 cm³/mol. The molecule has 6 nitrogen and oxygen atoms in total. The number of aliphatic hydroxyl groups excluding tert-OH is 4. The zero-order chi connectivity index (χ0) is 33.9. The number of amides is 1. The fraction of sp³-hybridized carbons (Fsp3) is 0.875. The summed E-state index contributed by atoms with van der Waals surface area (Å²) >= 11 is 0. The Kier molecular flexibility index (Phi) is 34.2. The molecule has 0 saturated carbocycles. The van der Waals surface area contributed by atoms with E-state index in [1.807, 2.05) is 0 Å². The highest BCUT2D eigenvalue weighted by atomic mass is 16.3. The van der Waals surface area contributed by atoms with Crippen LogP contribution in [-0.4, -0.2) is 57.3 Å². The van der Waals surface area contributed by atoms with Crippen LogP contribution in [0.5, 0.6) is 0 Å². The van der Waals surface area contributed by atoms with Gasteiger partial charge in [0.15, 0.2) is 0 Å². The molecule has 0 fully saturated rings. The summed E-state index contributed by atoms with van der Waals surface area (Å²) in [5.74, 6) is -0.600. The van der Waals surface area contributed by atoms with Crippen LogP contribution < -0.4 is 5.32 Å². The maximum Gasteiger partial charge on any atom is 0.249 e. The van der Waals surface area contributed by atoms with E-state index in [0.29, 0.717) is 12.8 Å². The van der Waals surface area contributed by atoms with Gasteiger partial charge in [-0.15, -0.1) is 0 Å². The van der Waals surface area contributed by atoms with Gasteiger partial charge in [-0.2, -0.15) is 0 Å². The third-order valence-electron chi connectivity index (χ3n) is 9.13. The van der Waals surface area contributed by atoms with E-state index in [-0.39, 0.29) is 0 Å². The van der Waals surface area contributed by atoms with E-state index in [0.717, 1.165) is 44.9 Å². The minimum atomic E-state index is -1.28. The van der Waals surface area contributed by atoms with Gasteiger partial charge >= 0.3 is 0 Å². The summed E-state index contributed by atoms with van der Waals surface area (Å²) in [6.45, 7) is 4.01. The van der Waals surface area contributed by atoms with E-state index in [2.05, 4.69) is 43.5 Å². The van der Waals surface area contributed by atoms with Gasteiger partial charge in [0.2, 0.25) is 5.91 Å². The Hall–Kier alpha value is -1.21. The van der Waals surface area contributed by atoms with E-state index in [9.17, 15) is 25.2 Å². The molecular weight excluding hydrogens is 574 g/mol. The van der Waals surface area contributed by atoms with Gasteiger partial charge in [-0.25, -0.2) is 0 Å². The first-order valence-electron chi connectivity index (χ1n) is 19.7. The summed E-state index contributed by atoms with van der Waals surface area (Å²) in [6.07, 6.45) is 37.7. The van der Waals surface area contributed by atoms with E-state index < -0.39 is 36.9 Å². The van der Waals surface area contributed by atoms with Gasteiger partial charge in [0.05, 0.1) is 18.8 Å². The highest BCUT2D eigenvalue weighted by Crippen LogP contribution is 2.14. The fourth-order valence-electron chi connectivity index (χ4n) is 5.93. The molecule has 0 heterocycles. The van der Waals surface area contributed by atoms with Crippen LogP contribution in [0.2, 0.25) is 0 Å². The molecule has 0 aliphatic carbocycles. The van der Waals surface area contributed by atoms with Crippen molar-refractivity contribution in [2.45, 2.75) is 218 Å². The number of rotatable bonds is 35. The van der Waals surface area contributed by atoms with Gasteiger partial charge in [-0.1, -0.05) is 154 Å². The number of carbonyl (C=O) groups is 1. The van der Waals surface area contributed by atoms with Gasteiger partial charge in [-0.05, 0) is 64.2 Å².